The molecule has 2 aromatic rings. The normalized spacial score (nSPS) is 10.9. The van der Waals surface area contributed by atoms with Crippen molar-refractivity contribution in [3.05, 3.63) is 22.7 Å². The van der Waals surface area contributed by atoms with Crippen LogP contribution in [0.2, 0.25) is 0 Å². The number of aromatic nitrogens is 3. The molecular formula is C7H10N4O4S. The summed E-state index contributed by atoms with van der Waals surface area (Å²) in [6.45, 7) is 0. The van der Waals surface area contributed by atoms with Gasteiger partial charge in [-0.25, -0.2) is 4.98 Å². The minimum absolute atomic E-state index is 0.263. The van der Waals surface area contributed by atoms with Crippen molar-refractivity contribution in [2.45, 2.75) is 0 Å². The van der Waals surface area contributed by atoms with Gasteiger partial charge in [-0.1, -0.05) is 0 Å². The summed E-state index contributed by atoms with van der Waals surface area (Å²) in [6, 6.07) is 1.63. The molecule has 0 aliphatic rings. The molecule has 0 bridgehead atoms. The lowest BCUT2D eigenvalue weighted by atomic mass is 10.4. The van der Waals surface area contributed by atoms with Gasteiger partial charge in [-0.15, -0.1) is 0 Å². The maximum Gasteiger partial charge on any atom is 0.277 e. The van der Waals surface area contributed by atoms with E-state index in [9.17, 15) is 13.2 Å². The van der Waals surface area contributed by atoms with Gasteiger partial charge in [-0.3, -0.25) is 9.35 Å². The SMILES string of the molecule is CS(=O)(=O)O.Nc1cc2[nH]cnc2c(=O)[nH]1. The molecule has 0 fully saturated rings. The van der Waals surface area contributed by atoms with Crippen molar-refractivity contribution in [3.8, 4) is 0 Å². The minimum Gasteiger partial charge on any atom is -0.385 e. The number of pyridine rings is 1. The molecule has 0 saturated carbocycles. The van der Waals surface area contributed by atoms with E-state index in [0.29, 0.717) is 23.1 Å². The van der Waals surface area contributed by atoms with Crippen LogP contribution in [0.1, 0.15) is 0 Å². The van der Waals surface area contributed by atoms with E-state index in [-0.39, 0.29) is 5.56 Å². The van der Waals surface area contributed by atoms with Crippen LogP contribution in [0.25, 0.3) is 11.0 Å². The van der Waals surface area contributed by atoms with Crippen molar-refractivity contribution in [3.63, 3.8) is 0 Å². The van der Waals surface area contributed by atoms with Crippen LogP contribution in [-0.2, 0) is 10.1 Å². The summed E-state index contributed by atoms with van der Waals surface area (Å²) in [4.78, 5) is 20.1. The second kappa shape index (κ2) is 4.33. The van der Waals surface area contributed by atoms with E-state index in [2.05, 4.69) is 15.0 Å². The molecule has 0 saturated heterocycles. The Morgan fingerprint density at radius 2 is 2.06 bits per heavy atom. The molecule has 0 amide bonds. The summed E-state index contributed by atoms with van der Waals surface area (Å²) in [5.41, 5.74) is 6.16. The summed E-state index contributed by atoms with van der Waals surface area (Å²) in [6.07, 6.45) is 2.17. The number of hydrogen-bond donors (Lipinski definition) is 4. The molecule has 88 valence electrons. The second-order valence-corrected chi connectivity index (χ2v) is 4.42. The quantitative estimate of drug-likeness (QED) is 0.454. The largest absolute Gasteiger partial charge is 0.385 e. The predicted molar refractivity (Wildman–Crippen MR) is 58.6 cm³/mol. The molecule has 5 N–H and O–H groups in total. The number of nitrogens with zero attached hydrogens (tertiary/aromatic N) is 1. The number of anilines is 1. The lowest BCUT2D eigenvalue weighted by Crippen LogP contribution is -2.08. The highest BCUT2D eigenvalue weighted by Crippen LogP contribution is 2.04. The molecule has 0 radical (unpaired) electrons. The molecule has 0 aromatic carbocycles. The topological polar surface area (TPSA) is 142 Å². The molecule has 0 unspecified atom stereocenters. The van der Waals surface area contributed by atoms with Crippen LogP contribution in [0.5, 0.6) is 0 Å². The monoisotopic (exact) mass is 246 g/mol. The zero-order valence-electron chi connectivity index (χ0n) is 8.26. The smallest absolute Gasteiger partial charge is 0.277 e. The molecule has 9 heteroatoms. The molecule has 16 heavy (non-hydrogen) atoms. The Hall–Kier alpha value is -1.87. The van der Waals surface area contributed by atoms with E-state index >= 15 is 0 Å². The Labute approximate surface area is 90.3 Å². The van der Waals surface area contributed by atoms with E-state index < -0.39 is 10.1 Å². The molecule has 0 aliphatic heterocycles. The first-order chi connectivity index (χ1) is 7.27. The highest BCUT2D eigenvalue weighted by molar-refractivity contribution is 7.85. The average molecular weight is 246 g/mol. The van der Waals surface area contributed by atoms with Crippen LogP contribution in [0.4, 0.5) is 5.82 Å². The molecule has 2 heterocycles. The number of H-pyrrole nitrogens is 2. The molecule has 2 rings (SSSR count). The van der Waals surface area contributed by atoms with Crippen LogP contribution in [0.3, 0.4) is 0 Å². The van der Waals surface area contributed by atoms with E-state index in [1.807, 2.05) is 0 Å². The number of nitrogens with two attached hydrogens (primary N) is 1. The minimum atomic E-state index is -3.67. The van der Waals surface area contributed by atoms with Crippen molar-refractivity contribution in [2.75, 3.05) is 12.0 Å². The highest BCUT2D eigenvalue weighted by atomic mass is 32.2. The lowest BCUT2D eigenvalue weighted by molar-refractivity contribution is 0.490. The summed E-state index contributed by atoms with van der Waals surface area (Å²) in [7, 11) is -3.67. The number of imidazole rings is 1. The zero-order valence-corrected chi connectivity index (χ0v) is 9.08. The summed E-state index contributed by atoms with van der Waals surface area (Å²) in [5.74, 6) is 0.340. The summed E-state index contributed by atoms with van der Waals surface area (Å²) in [5, 5.41) is 0. The number of nitrogen functional groups attached to an aromatic ring is 1. The van der Waals surface area contributed by atoms with E-state index in [1.165, 1.54) is 6.33 Å². The van der Waals surface area contributed by atoms with Gasteiger partial charge in [0.25, 0.3) is 15.7 Å². The Balaban J connectivity index is 0.000000221. The van der Waals surface area contributed by atoms with Gasteiger partial charge < -0.3 is 15.7 Å². The third kappa shape index (κ3) is 3.71. The summed E-state index contributed by atoms with van der Waals surface area (Å²) < 4.78 is 25.9. The first kappa shape index (κ1) is 12.2. The standard InChI is InChI=1S/C6H6N4O.CH4O3S/c7-4-1-3-5(6(11)10-4)9-2-8-3;1-5(2,3)4/h1-2H,(H,8,9)(H3,7,10,11);1H3,(H,2,3,4). The van der Waals surface area contributed by atoms with Crippen molar-refractivity contribution >= 4 is 27.0 Å². The van der Waals surface area contributed by atoms with Crippen LogP contribution in [0.15, 0.2) is 17.2 Å². The third-order valence-corrected chi connectivity index (χ3v) is 1.44. The van der Waals surface area contributed by atoms with Crippen molar-refractivity contribution < 1.29 is 13.0 Å². The van der Waals surface area contributed by atoms with Gasteiger partial charge in [-0.05, 0) is 0 Å². The van der Waals surface area contributed by atoms with Crippen molar-refractivity contribution in [1.29, 1.82) is 0 Å². The molecule has 0 atom stereocenters. The van der Waals surface area contributed by atoms with E-state index in [1.54, 1.807) is 6.07 Å². The number of rotatable bonds is 0. The molecule has 8 nitrogen and oxygen atoms in total. The number of fused-ring (bicyclic) bond motifs is 1. The van der Waals surface area contributed by atoms with Crippen LogP contribution >= 0.6 is 0 Å². The van der Waals surface area contributed by atoms with Gasteiger partial charge in [0.2, 0.25) is 0 Å². The number of aromatic amines is 2. The Morgan fingerprint density at radius 3 is 2.62 bits per heavy atom. The van der Waals surface area contributed by atoms with Gasteiger partial charge >= 0.3 is 0 Å². The fraction of sp³-hybridized carbons (Fsp3) is 0.143. The Morgan fingerprint density at radius 1 is 1.50 bits per heavy atom. The second-order valence-electron chi connectivity index (χ2n) is 2.95. The van der Waals surface area contributed by atoms with Crippen LogP contribution in [-0.4, -0.2) is 34.2 Å². The molecule has 0 spiro atoms. The lowest BCUT2D eigenvalue weighted by Gasteiger charge is -1.90. The highest BCUT2D eigenvalue weighted by Gasteiger charge is 2.00. The summed E-state index contributed by atoms with van der Waals surface area (Å²) >= 11 is 0. The predicted octanol–water partition coefficient (Wildman–Crippen LogP) is -0.663. The first-order valence-corrected chi connectivity index (χ1v) is 5.86. The van der Waals surface area contributed by atoms with Gasteiger partial charge in [0.1, 0.15) is 5.82 Å². The fourth-order valence-corrected chi connectivity index (χ4v) is 0.977. The maximum atomic E-state index is 11.0. The molecule has 0 aliphatic carbocycles. The van der Waals surface area contributed by atoms with Crippen molar-refractivity contribution in [1.82, 2.24) is 15.0 Å². The molecule has 2 aromatic heterocycles. The Kier molecular flexibility index (Phi) is 3.30. The van der Waals surface area contributed by atoms with Gasteiger partial charge in [0.15, 0.2) is 5.52 Å². The Bertz CT molecular complexity index is 634. The van der Waals surface area contributed by atoms with Crippen LogP contribution < -0.4 is 11.3 Å². The number of hydrogen-bond acceptors (Lipinski definition) is 5. The fourth-order valence-electron chi connectivity index (χ4n) is 0.977. The van der Waals surface area contributed by atoms with Gasteiger partial charge in [0, 0.05) is 6.07 Å². The maximum absolute atomic E-state index is 11.0. The van der Waals surface area contributed by atoms with Crippen LogP contribution in [0, 0.1) is 0 Å². The number of nitrogens with one attached hydrogen (secondary N) is 2. The first-order valence-electron chi connectivity index (χ1n) is 4.01. The van der Waals surface area contributed by atoms with E-state index in [0.717, 1.165) is 0 Å². The van der Waals surface area contributed by atoms with Gasteiger partial charge in [-0.2, -0.15) is 8.42 Å². The average Bonchev–Trinajstić information content (AvgIpc) is 2.47. The van der Waals surface area contributed by atoms with Crippen molar-refractivity contribution in [2.24, 2.45) is 0 Å². The zero-order chi connectivity index (χ0) is 12.3. The van der Waals surface area contributed by atoms with E-state index in [4.69, 9.17) is 10.3 Å². The molecular weight excluding hydrogens is 236 g/mol. The van der Waals surface area contributed by atoms with Gasteiger partial charge in [0.05, 0.1) is 18.1 Å². The third-order valence-electron chi connectivity index (χ3n) is 1.44.